The first-order valence-electron chi connectivity index (χ1n) is 7.72. The fourth-order valence-electron chi connectivity index (χ4n) is 2.14. The Balaban J connectivity index is 1.74. The number of benzene rings is 2. The van der Waals surface area contributed by atoms with Crippen molar-refractivity contribution in [1.29, 1.82) is 0 Å². The van der Waals surface area contributed by atoms with Gasteiger partial charge in [0.05, 0.1) is 13.1 Å². The lowest BCUT2D eigenvalue weighted by molar-refractivity contribution is -0.122. The minimum Gasteiger partial charge on any atom is -0.376 e. The van der Waals surface area contributed by atoms with Gasteiger partial charge in [-0.25, -0.2) is 0 Å². The molecule has 0 heterocycles. The van der Waals surface area contributed by atoms with Crippen LogP contribution in [0.2, 0.25) is 0 Å². The Morgan fingerprint density at radius 1 is 0.958 bits per heavy atom. The van der Waals surface area contributed by atoms with E-state index in [9.17, 15) is 9.59 Å². The summed E-state index contributed by atoms with van der Waals surface area (Å²) in [5.74, 6) is -0.482. The number of aryl methyl sites for hydroxylation is 1. The second kappa shape index (κ2) is 9.08. The molecule has 0 saturated heterocycles. The van der Waals surface area contributed by atoms with Crippen LogP contribution >= 0.6 is 15.9 Å². The summed E-state index contributed by atoms with van der Waals surface area (Å²) >= 11 is 3.35. The molecule has 0 aliphatic rings. The van der Waals surface area contributed by atoms with E-state index in [4.69, 9.17) is 0 Å². The topological polar surface area (TPSA) is 70.2 Å². The quantitative estimate of drug-likeness (QED) is 0.680. The molecule has 0 saturated carbocycles. The minimum absolute atomic E-state index is 0.0566. The first kappa shape index (κ1) is 18.0. The van der Waals surface area contributed by atoms with Crippen molar-refractivity contribution in [1.82, 2.24) is 5.32 Å². The van der Waals surface area contributed by atoms with E-state index in [1.54, 1.807) is 0 Å². The van der Waals surface area contributed by atoms with E-state index in [1.807, 2.05) is 55.5 Å². The van der Waals surface area contributed by atoms with Crippen molar-refractivity contribution >= 4 is 39.1 Å². The molecular weight excluding hydrogens is 370 g/mol. The van der Waals surface area contributed by atoms with Gasteiger partial charge in [-0.05, 0) is 42.3 Å². The molecule has 5 nitrogen and oxygen atoms in total. The molecule has 0 aliphatic carbocycles. The van der Waals surface area contributed by atoms with Crippen molar-refractivity contribution in [3.8, 4) is 0 Å². The molecule has 0 fully saturated rings. The zero-order valence-electron chi connectivity index (χ0n) is 13.4. The highest BCUT2D eigenvalue weighted by Crippen LogP contribution is 2.15. The maximum atomic E-state index is 11.9. The molecule has 2 aromatic rings. The summed E-state index contributed by atoms with van der Waals surface area (Å²) in [5.41, 5.74) is 2.69. The number of carbonyl (C=O) groups is 2. The predicted octanol–water partition coefficient (Wildman–Crippen LogP) is 3.18. The van der Waals surface area contributed by atoms with Gasteiger partial charge in [0.2, 0.25) is 11.8 Å². The smallest absolute Gasteiger partial charge is 0.243 e. The number of rotatable bonds is 7. The summed E-state index contributed by atoms with van der Waals surface area (Å²) < 4.78 is 0.974. The normalized spacial score (nSPS) is 10.1. The molecule has 0 radical (unpaired) electrons. The van der Waals surface area contributed by atoms with Crippen LogP contribution in [-0.4, -0.2) is 24.9 Å². The van der Waals surface area contributed by atoms with Crippen LogP contribution in [0.1, 0.15) is 12.5 Å². The zero-order chi connectivity index (χ0) is 17.4. The molecule has 2 aromatic carbocycles. The summed E-state index contributed by atoms with van der Waals surface area (Å²) in [6, 6.07) is 15.1. The maximum Gasteiger partial charge on any atom is 0.243 e. The van der Waals surface area contributed by atoms with Crippen molar-refractivity contribution in [2.45, 2.75) is 13.3 Å². The second-order valence-electron chi connectivity index (χ2n) is 5.20. The average Bonchev–Trinajstić information content (AvgIpc) is 2.60. The van der Waals surface area contributed by atoms with Gasteiger partial charge in [-0.1, -0.05) is 41.1 Å². The molecule has 0 atom stereocenters. The molecule has 126 valence electrons. The highest BCUT2D eigenvalue weighted by Gasteiger charge is 2.07. The van der Waals surface area contributed by atoms with E-state index < -0.39 is 0 Å². The van der Waals surface area contributed by atoms with Crippen LogP contribution in [-0.2, 0) is 16.0 Å². The molecule has 0 aromatic heterocycles. The van der Waals surface area contributed by atoms with Crippen LogP contribution < -0.4 is 16.0 Å². The average molecular weight is 390 g/mol. The Labute approximate surface area is 150 Å². The Morgan fingerprint density at radius 2 is 1.67 bits per heavy atom. The molecule has 0 unspecified atom stereocenters. The predicted molar refractivity (Wildman–Crippen MR) is 100 cm³/mol. The Kier molecular flexibility index (Phi) is 6.81. The van der Waals surface area contributed by atoms with E-state index in [2.05, 4.69) is 31.9 Å². The summed E-state index contributed by atoms with van der Waals surface area (Å²) in [4.78, 5) is 23.7. The van der Waals surface area contributed by atoms with Crippen LogP contribution in [0.4, 0.5) is 11.4 Å². The van der Waals surface area contributed by atoms with Crippen LogP contribution in [0.5, 0.6) is 0 Å². The lowest BCUT2D eigenvalue weighted by Gasteiger charge is -2.11. The first-order valence-corrected chi connectivity index (χ1v) is 8.51. The Hall–Kier alpha value is -2.34. The zero-order valence-corrected chi connectivity index (χ0v) is 15.0. The van der Waals surface area contributed by atoms with E-state index in [1.165, 1.54) is 0 Å². The second-order valence-corrected chi connectivity index (χ2v) is 6.11. The van der Waals surface area contributed by atoms with Gasteiger partial charge in [0.25, 0.3) is 0 Å². The number of hydrogen-bond donors (Lipinski definition) is 3. The van der Waals surface area contributed by atoms with Gasteiger partial charge in [-0.3, -0.25) is 9.59 Å². The number of carbonyl (C=O) groups excluding carboxylic acids is 2. The number of para-hydroxylation sites is 1. The number of hydrogen-bond acceptors (Lipinski definition) is 3. The van der Waals surface area contributed by atoms with Crippen molar-refractivity contribution in [3.05, 3.63) is 58.6 Å². The van der Waals surface area contributed by atoms with Gasteiger partial charge in [0, 0.05) is 15.8 Å². The summed E-state index contributed by atoms with van der Waals surface area (Å²) in [5, 5.41) is 8.42. The van der Waals surface area contributed by atoms with Crippen LogP contribution in [0, 0.1) is 0 Å². The van der Waals surface area contributed by atoms with Gasteiger partial charge in [-0.2, -0.15) is 0 Å². The fourth-order valence-corrected chi connectivity index (χ4v) is 2.40. The van der Waals surface area contributed by atoms with Crippen molar-refractivity contribution in [3.63, 3.8) is 0 Å². The molecule has 6 heteroatoms. The molecule has 3 N–H and O–H groups in total. The highest BCUT2D eigenvalue weighted by molar-refractivity contribution is 9.10. The van der Waals surface area contributed by atoms with Crippen LogP contribution in [0.3, 0.4) is 0 Å². The monoisotopic (exact) mass is 389 g/mol. The van der Waals surface area contributed by atoms with Crippen molar-refractivity contribution in [2.75, 3.05) is 23.7 Å². The molecule has 2 rings (SSSR count). The lowest BCUT2D eigenvalue weighted by atomic mass is 10.1. The first-order chi connectivity index (χ1) is 11.6. The van der Waals surface area contributed by atoms with Gasteiger partial charge >= 0.3 is 0 Å². The third-order valence-corrected chi connectivity index (χ3v) is 3.94. The van der Waals surface area contributed by atoms with E-state index >= 15 is 0 Å². The van der Waals surface area contributed by atoms with Crippen molar-refractivity contribution in [2.24, 2.45) is 0 Å². The summed E-state index contributed by atoms with van der Waals surface area (Å²) in [7, 11) is 0. The minimum atomic E-state index is -0.243. The number of amides is 2. The van der Waals surface area contributed by atoms with Gasteiger partial charge in [-0.15, -0.1) is 0 Å². The molecular formula is C18H20BrN3O2. The number of halogens is 1. The van der Waals surface area contributed by atoms with Crippen LogP contribution in [0.15, 0.2) is 53.0 Å². The largest absolute Gasteiger partial charge is 0.376 e. The fraction of sp³-hybridized carbons (Fsp3) is 0.222. The summed E-state index contributed by atoms with van der Waals surface area (Å²) in [6.07, 6.45) is 0.833. The van der Waals surface area contributed by atoms with Crippen LogP contribution in [0.25, 0.3) is 0 Å². The van der Waals surface area contributed by atoms with Gasteiger partial charge in [0.15, 0.2) is 0 Å². The lowest BCUT2D eigenvalue weighted by Crippen LogP contribution is -2.36. The molecule has 0 spiro atoms. The Morgan fingerprint density at radius 3 is 2.38 bits per heavy atom. The maximum absolute atomic E-state index is 11.9. The standard InChI is InChI=1S/C18H20BrN3O2/c1-2-13-5-3-4-6-16(13)22-18(24)12-21-17(23)11-20-15-9-7-14(19)8-10-15/h3-10,20H,2,11-12H2,1H3,(H,21,23)(H,22,24). The summed E-state index contributed by atoms with van der Waals surface area (Å²) in [6.45, 7) is 2.08. The van der Waals surface area contributed by atoms with E-state index in [0.717, 1.165) is 27.8 Å². The molecule has 0 bridgehead atoms. The van der Waals surface area contributed by atoms with Gasteiger partial charge in [0.1, 0.15) is 0 Å². The Bertz CT molecular complexity index is 702. The SMILES string of the molecule is CCc1ccccc1NC(=O)CNC(=O)CNc1ccc(Br)cc1. The third kappa shape index (κ3) is 5.70. The van der Waals surface area contributed by atoms with Crippen molar-refractivity contribution < 1.29 is 9.59 Å². The van der Waals surface area contributed by atoms with E-state index in [0.29, 0.717) is 0 Å². The van der Waals surface area contributed by atoms with Gasteiger partial charge < -0.3 is 16.0 Å². The molecule has 24 heavy (non-hydrogen) atoms. The molecule has 2 amide bonds. The number of anilines is 2. The number of nitrogens with one attached hydrogen (secondary N) is 3. The highest BCUT2D eigenvalue weighted by atomic mass is 79.9. The molecule has 0 aliphatic heterocycles. The third-order valence-electron chi connectivity index (χ3n) is 3.42. The van der Waals surface area contributed by atoms with E-state index in [-0.39, 0.29) is 24.9 Å².